The van der Waals surface area contributed by atoms with Crippen molar-refractivity contribution < 1.29 is 8.78 Å². The van der Waals surface area contributed by atoms with Crippen molar-refractivity contribution in [3.05, 3.63) is 39.6 Å². The number of nitrogens with zero attached hydrogens (tertiary/aromatic N) is 2. The molecule has 0 aliphatic carbocycles. The Bertz CT molecular complexity index is 679. The van der Waals surface area contributed by atoms with E-state index in [1.807, 2.05) is 0 Å². The topological polar surface area (TPSA) is 25.8 Å². The normalized spacial score (nSPS) is 13.7. The van der Waals surface area contributed by atoms with Crippen molar-refractivity contribution in [1.82, 2.24) is 9.97 Å². The summed E-state index contributed by atoms with van der Waals surface area (Å²) < 4.78 is 27.2. The number of thioether (sulfide) groups is 1. The Morgan fingerprint density at radius 2 is 1.89 bits per heavy atom. The molecule has 19 heavy (non-hydrogen) atoms. The monoisotopic (exact) mass is 318 g/mol. The van der Waals surface area contributed by atoms with Gasteiger partial charge in [0.2, 0.25) is 0 Å². The molecule has 7 heteroatoms. The molecule has 3 rings (SSSR count). The molecule has 2 aromatic rings. The zero-order valence-corrected chi connectivity index (χ0v) is 11.7. The number of rotatable bonds is 1. The van der Waals surface area contributed by atoms with Crippen LogP contribution in [0, 0.1) is 11.6 Å². The van der Waals surface area contributed by atoms with Gasteiger partial charge in [0, 0.05) is 12.2 Å². The molecular weight excluding hydrogens is 313 g/mol. The average molecular weight is 319 g/mol. The van der Waals surface area contributed by atoms with Crippen LogP contribution in [0.3, 0.4) is 0 Å². The zero-order chi connectivity index (χ0) is 13.6. The second-order valence-electron chi connectivity index (χ2n) is 3.96. The molecule has 2 heterocycles. The fraction of sp³-hybridized carbons (Fsp3) is 0.167. The Kier molecular flexibility index (Phi) is 3.37. The van der Waals surface area contributed by atoms with E-state index in [-0.39, 0.29) is 21.6 Å². The zero-order valence-electron chi connectivity index (χ0n) is 9.38. The number of hydrogen-bond donors (Lipinski definition) is 0. The first-order valence-corrected chi connectivity index (χ1v) is 7.14. The van der Waals surface area contributed by atoms with Crippen LogP contribution in [0.25, 0.3) is 11.4 Å². The van der Waals surface area contributed by atoms with Crippen molar-refractivity contribution in [3.63, 3.8) is 0 Å². The van der Waals surface area contributed by atoms with Gasteiger partial charge in [0.25, 0.3) is 0 Å². The van der Waals surface area contributed by atoms with E-state index < -0.39 is 11.6 Å². The lowest BCUT2D eigenvalue weighted by Gasteiger charge is -2.07. The van der Waals surface area contributed by atoms with Crippen molar-refractivity contribution >= 4 is 35.0 Å². The molecule has 1 aromatic carbocycles. The van der Waals surface area contributed by atoms with E-state index in [2.05, 4.69) is 9.97 Å². The molecule has 1 aromatic heterocycles. The molecule has 98 valence electrons. The van der Waals surface area contributed by atoms with Crippen molar-refractivity contribution in [3.8, 4) is 11.4 Å². The molecule has 2 nitrogen and oxygen atoms in total. The Morgan fingerprint density at radius 1 is 1.11 bits per heavy atom. The van der Waals surface area contributed by atoms with Crippen LogP contribution in [-0.4, -0.2) is 15.7 Å². The van der Waals surface area contributed by atoms with Gasteiger partial charge in [-0.1, -0.05) is 23.2 Å². The van der Waals surface area contributed by atoms with Crippen LogP contribution in [0.4, 0.5) is 8.78 Å². The maximum Gasteiger partial charge on any atom is 0.164 e. The highest BCUT2D eigenvalue weighted by Crippen LogP contribution is 2.37. The van der Waals surface area contributed by atoms with Crippen molar-refractivity contribution in [1.29, 1.82) is 0 Å². The highest BCUT2D eigenvalue weighted by molar-refractivity contribution is 7.99. The van der Waals surface area contributed by atoms with Crippen LogP contribution in [0.2, 0.25) is 10.2 Å². The molecule has 0 atom stereocenters. The first kappa shape index (κ1) is 13.1. The van der Waals surface area contributed by atoms with E-state index in [1.165, 1.54) is 0 Å². The molecule has 1 aliphatic rings. The van der Waals surface area contributed by atoms with Gasteiger partial charge < -0.3 is 0 Å². The summed E-state index contributed by atoms with van der Waals surface area (Å²) in [5.41, 5.74) is 0.734. The molecule has 0 N–H and O–H groups in total. The van der Waals surface area contributed by atoms with Crippen LogP contribution in [-0.2, 0) is 6.42 Å². The standard InChI is InChI=1S/C12H6Cl2F2N2S/c13-6-4-7(15)5(3-8(6)16)12-17-9-1-2-19-10(9)11(14)18-12/h3-4H,1-2H2. The van der Waals surface area contributed by atoms with E-state index in [1.54, 1.807) is 11.8 Å². The lowest BCUT2D eigenvalue weighted by atomic mass is 10.2. The van der Waals surface area contributed by atoms with E-state index in [0.29, 0.717) is 0 Å². The summed E-state index contributed by atoms with van der Waals surface area (Å²) in [6, 6.07) is 1.89. The van der Waals surface area contributed by atoms with Crippen LogP contribution in [0.15, 0.2) is 17.0 Å². The van der Waals surface area contributed by atoms with Gasteiger partial charge in [-0.05, 0) is 12.1 Å². The molecule has 0 saturated heterocycles. The molecule has 0 spiro atoms. The lowest BCUT2D eigenvalue weighted by Crippen LogP contribution is -1.98. The lowest BCUT2D eigenvalue weighted by molar-refractivity contribution is 0.602. The quantitative estimate of drug-likeness (QED) is 0.576. The summed E-state index contributed by atoms with van der Waals surface area (Å²) in [5.74, 6) is -0.440. The minimum absolute atomic E-state index is 0.0384. The highest BCUT2D eigenvalue weighted by Gasteiger charge is 2.21. The minimum Gasteiger partial charge on any atom is -0.232 e. The van der Waals surface area contributed by atoms with Crippen LogP contribution >= 0.6 is 35.0 Å². The Labute approximate surface area is 122 Å². The third-order valence-corrected chi connectivity index (χ3v) is 4.53. The van der Waals surface area contributed by atoms with E-state index in [9.17, 15) is 8.78 Å². The third kappa shape index (κ3) is 2.30. The SMILES string of the molecule is Fc1cc(-c2nc(Cl)c3c(n2)CCS3)c(F)cc1Cl. The van der Waals surface area contributed by atoms with E-state index in [0.717, 1.165) is 34.9 Å². The van der Waals surface area contributed by atoms with Gasteiger partial charge in [-0.25, -0.2) is 18.7 Å². The fourth-order valence-electron chi connectivity index (χ4n) is 1.84. The Morgan fingerprint density at radius 3 is 2.68 bits per heavy atom. The largest absolute Gasteiger partial charge is 0.232 e. The van der Waals surface area contributed by atoms with Gasteiger partial charge in [0.15, 0.2) is 5.82 Å². The molecule has 0 saturated carbocycles. The predicted octanol–water partition coefficient (Wildman–Crippen LogP) is 4.38. The molecule has 0 fully saturated rings. The van der Waals surface area contributed by atoms with Gasteiger partial charge in [0.1, 0.15) is 16.8 Å². The van der Waals surface area contributed by atoms with Crippen molar-refractivity contribution in [2.24, 2.45) is 0 Å². The minimum atomic E-state index is -0.715. The van der Waals surface area contributed by atoms with Gasteiger partial charge in [0.05, 0.1) is 21.2 Å². The number of fused-ring (bicyclic) bond motifs is 1. The van der Waals surface area contributed by atoms with E-state index in [4.69, 9.17) is 23.2 Å². The fourth-order valence-corrected chi connectivity index (χ4v) is 3.32. The summed E-state index contributed by atoms with van der Waals surface area (Å²) in [7, 11) is 0. The molecule has 0 unspecified atom stereocenters. The van der Waals surface area contributed by atoms with Gasteiger partial charge >= 0.3 is 0 Å². The summed E-state index contributed by atoms with van der Waals surface area (Å²) in [6.07, 6.45) is 0.743. The van der Waals surface area contributed by atoms with Gasteiger partial charge in [-0.2, -0.15) is 0 Å². The first-order chi connectivity index (χ1) is 9.06. The van der Waals surface area contributed by atoms with E-state index >= 15 is 0 Å². The number of halogens is 4. The predicted molar refractivity (Wildman–Crippen MR) is 71.8 cm³/mol. The number of aryl methyl sites for hydroxylation is 1. The molecular formula is C12H6Cl2F2N2S. The number of hydrogen-bond acceptors (Lipinski definition) is 3. The molecule has 1 aliphatic heterocycles. The second kappa shape index (κ2) is 4.89. The Balaban J connectivity index is 2.18. The van der Waals surface area contributed by atoms with Crippen LogP contribution in [0.5, 0.6) is 0 Å². The second-order valence-corrected chi connectivity index (χ2v) is 5.83. The molecule has 0 bridgehead atoms. The average Bonchev–Trinajstić information content (AvgIpc) is 2.82. The Hall–Kier alpha value is -0.910. The summed E-state index contributed by atoms with van der Waals surface area (Å²) in [4.78, 5) is 9.10. The third-order valence-electron chi connectivity index (χ3n) is 2.73. The van der Waals surface area contributed by atoms with Gasteiger partial charge in [-0.15, -0.1) is 11.8 Å². The summed E-state index contributed by atoms with van der Waals surface area (Å²) >= 11 is 13.1. The van der Waals surface area contributed by atoms with Crippen LogP contribution < -0.4 is 0 Å². The maximum atomic E-state index is 13.8. The van der Waals surface area contributed by atoms with Gasteiger partial charge in [-0.3, -0.25) is 0 Å². The smallest absolute Gasteiger partial charge is 0.164 e. The number of aromatic nitrogens is 2. The van der Waals surface area contributed by atoms with Crippen molar-refractivity contribution in [2.45, 2.75) is 11.3 Å². The molecule has 0 amide bonds. The summed E-state index contributed by atoms with van der Waals surface area (Å²) in [6.45, 7) is 0. The number of benzene rings is 1. The van der Waals surface area contributed by atoms with Crippen molar-refractivity contribution in [2.75, 3.05) is 5.75 Å². The van der Waals surface area contributed by atoms with Crippen LogP contribution in [0.1, 0.15) is 5.69 Å². The summed E-state index contributed by atoms with van der Waals surface area (Å²) in [5, 5.41) is 0.00122. The first-order valence-electron chi connectivity index (χ1n) is 5.40. The molecule has 0 radical (unpaired) electrons. The highest BCUT2D eigenvalue weighted by atomic mass is 35.5. The maximum absolute atomic E-state index is 13.8.